The molecule has 0 fully saturated rings. The third-order valence-corrected chi connectivity index (χ3v) is 3.55. The second-order valence-electron chi connectivity index (χ2n) is 5.04. The summed E-state index contributed by atoms with van der Waals surface area (Å²) in [5, 5.41) is 11.6. The Balaban J connectivity index is 1.87. The van der Waals surface area contributed by atoms with Gasteiger partial charge in [-0.25, -0.2) is 0 Å². The number of nitrogens with one attached hydrogen (secondary N) is 3. The minimum Gasteiger partial charge on any atom is -0.355 e. The lowest BCUT2D eigenvalue weighted by Gasteiger charge is -2.12. The normalized spacial score (nSPS) is 10.2. The Morgan fingerprint density at radius 1 is 1.09 bits per heavy atom. The molecule has 1 amide bonds. The fourth-order valence-electron chi connectivity index (χ4n) is 2.13. The summed E-state index contributed by atoms with van der Waals surface area (Å²) in [7, 11) is 0. The molecule has 0 saturated carbocycles. The summed E-state index contributed by atoms with van der Waals surface area (Å²) in [6.45, 7) is 2.98. The number of unbranched alkanes of at least 4 members (excludes halogenated alkanes) is 1. The molecule has 0 aliphatic heterocycles. The highest BCUT2D eigenvalue weighted by atomic mass is 32.1. The van der Waals surface area contributed by atoms with Gasteiger partial charge in [0.05, 0.1) is 6.54 Å². The van der Waals surface area contributed by atoms with Crippen molar-refractivity contribution in [2.75, 3.05) is 18.4 Å². The third-order valence-electron chi connectivity index (χ3n) is 3.30. The second kappa shape index (κ2) is 8.34. The Morgan fingerprint density at radius 2 is 1.86 bits per heavy atom. The average Bonchev–Trinajstić information content (AvgIpc) is 2.54. The zero-order valence-corrected chi connectivity index (χ0v) is 13.5. The van der Waals surface area contributed by atoms with Crippen LogP contribution in [0.5, 0.6) is 0 Å². The molecule has 22 heavy (non-hydrogen) atoms. The number of carbonyl (C=O) groups excluding carboxylic acids is 1. The van der Waals surface area contributed by atoms with Crippen LogP contribution in [-0.2, 0) is 4.79 Å². The van der Waals surface area contributed by atoms with Crippen LogP contribution in [0.15, 0.2) is 42.5 Å². The first-order chi connectivity index (χ1) is 10.7. The first kappa shape index (κ1) is 16.2. The van der Waals surface area contributed by atoms with E-state index in [2.05, 4.69) is 35.0 Å². The van der Waals surface area contributed by atoms with Crippen molar-refractivity contribution in [3.8, 4) is 0 Å². The number of anilines is 1. The molecule has 0 aliphatic carbocycles. The van der Waals surface area contributed by atoms with E-state index < -0.39 is 0 Å². The number of carbonyl (C=O) groups is 1. The topological polar surface area (TPSA) is 53.2 Å². The van der Waals surface area contributed by atoms with Gasteiger partial charge in [0, 0.05) is 17.6 Å². The predicted octanol–water partition coefficient (Wildman–Crippen LogP) is 3.04. The summed E-state index contributed by atoms with van der Waals surface area (Å²) in [6.07, 6.45) is 2.05. The van der Waals surface area contributed by atoms with Gasteiger partial charge in [-0.2, -0.15) is 0 Å². The maximum Gasteiger partial charge on any atom is 0.239 e. The van der Waals surface area contributed by atoms with Crippen LogP contribution < -0.4 is 16.0 Å². The molecule has 0 heterocycles. The molecule has 2 aromatic carbocycles. The molecule has 0 saturated heterocycles. The summed E-state index contributed by atoms with van der Waals surface area (Å²) >= 11 is 5.25. The molecule has 2 aromatic rings. The summed E-state index contributed by atoms with van der Waals surface area (Å²) in [6, 6.07) is 14.1. The summed E-state index contributed by atoms with van der Waals surface area (Å²) in [5.74, 6) is -0.0458. The Labute approximate surface area is 136 Å². The van der Waals surface area contributed by atoms with Gasteiger partial charge in [0.2, 0.25) is 5.91 Å². The largest absolute Gasteiger partial charge is 0.355 e. The molecular formula is C17H21N3OS. The van der Waals surface area contributed by atoms with Crippen molar-refractivity contribution in [1.29, 1.82) is 0 Å². The van der Waals surface area contributed by atoms with Crippen molar-refractivity contribution in [3.05, 3.63) is 42.5 Å². The Bertz CT molecular complexity index is 652. The summed E-state index contributed by atoms with van der Waals surface area (Å²) in [4.78, 5) is 11.6. The number of hydrogen-bond donors (Lipinski definition) is 3. The molecule has 5 heteroatoms. The molecule has 4 nitrogen and oxygen atoms in total. The van der Waals surface area contributed by atoms with E-state index in [1.54, 1.807) is 0 Å². The van der Waals surface area contributed by atoms with E-state index in [-0.39, 0.29) is 12.5 Å². The average molecular weight is 315 g/mol. The van der Waals surface area contributed by atoms with Gasteiger partial charge in [-0.15, -0.1) is 0 Å². The monoisotopic (exact) mass is 315 g/mol. The van der Waals surface area contributed by atoms with E-state index in [1.165, 1.54) is 0 Å². The van der Waals surface area contributed by atoms with Gasteiger partial charge in [-0.05, 0) is 30.1 Å². The molecule has 3 N–H and O–H groups in total. The number of benzene rings is 2. The van der Waals surface area contributed by atoms with Gasteiger partial charge in [-0.3, -0.25) is 4.79 Å². The van der Waals surface area contributed by atoms with E-state index in [9.17, 15) is 4.79 Å². The molecule has 0 spiro atoms. The van der Waals surface area contributed by atoms with E-state index in [0.29, 0.717) is 11.7 Å². The zero-order chi connectivity index (χ0) is 15.8. The number of rotatable bonds is 6. The summed E-state index contributed by atoms with van der Waals surface area (Å²) < 4.78 is 0. The first-order valence-corrected chi connectivity index (χ1v) is 7.91. The first-order valence-electron chi connectivity index (χ1n) is 7.50. The van der Waals surface area contributed by atoms with E-state index in [4.69, 9.17) is 12.2 Å². The Hall–Kier alpha value is -2.14. The smallest absolute Gasteiger partial charge is 0.239 e. The van der Waals surface area contributed by atoms with Crippen molar-refractivity contribution < 1.29 is 4.79 Å². The second-order valence-corrected chi connectivity index (χ2v) is 5.45. The standard InChI is InChI=1S/C17H21N3OS/c1-2-3-11-18-16(21)12-19-17(22)20-15-10-6-8-13-7-4-5-9-14(13)15/h4-10H,2-3,11-12H2,1H3,(H,18,21)(H2,19,20,22). The minimum absolute atomic E-state index is 0.0458. The maximum absolute atomic E-state index is 11.6. The van der Waals surface area contributed by atoms with Crippen LogP contribution in [0, 0.1) is 0 Å². The maximum atomic E-state index is 11.6. The molecule has 0 aromatic heterocycles. The third kappa shape index (κ3) is 4.70. The lowest BCUT2D eigenvalue weighted by atomic mass is 10.1. The van der Waals surface area contributed by atoms with E-state index >= 15 is 0 Å². The van der Waals surface area contributed by atoms with Gasteiger partial charge < -0.3 is 16.0 Å². The van der Waals surface area contributed by atoms with Gasteiger partial charge in [-0.1, -0.05) is 49.7 Å². The quantitative estimate of drug-likeness (QED) is 0.566. The highest BCUT2D eigenvalue weighted by molar-refractivity contribution is 7.80. The zero-order valence-electron chi connectivity index (χ0n) is 12.7. The Kier molecular flexibility index (Phi) is 6.15. The van der Waals surface area contributed by atoms with Crippen LogP contribution in [-0.4, -0.2) is 24.1 Å². The van der Waals surface area contributed by atoms with Crippen molar-refractivity contribution in [3.63, 3.8) is 0 Å². The molecule has 0 radical (unpaired) electrons. The minimum atomic E-state index is -0.0458. The molecular weight excluding hydrogens is 294 g/mol. The van der Waals surface area contributed by atoms with Crippen molar-refractivity contribution in [2.24, 2.45) is 0 Å². The van der Waals surface area contributed by atoms with Crippen molar-refractivity contribution >= 4 is 39.7 Å². The molecule has 0 unspecified atom stereocenters. The summed E-state index contributed by atoms with van der Waals surface area (Å²) in [5.41, 5.74) is 0.932. The van der Waals surface area contributed by atoms with Crippen molar-refractivity contribution in [2.45, 2.75) is 19.8 Å². The number of thiocarbonyl (C=S) groups is 1. The lowest BCUT2D eigenvalue weighted by molar-refractivity contribution is -0.119. The van der Waals surface area contributed by atoms with Gasteiger partial charge in [0.15, 0.2) is 5.11 Å². The fourth-order valence-corrected chi connectivity index (χ4v) is 2.31. The van der Waals surface area contributed by atoms with Crippen LogP contribution in [0.4, 0.5) is 5.69 Å². The van der Waals surface area contributed by atoms with Crippen LogP contribution in [0.3, 0.4) is 0 Å². The highest BCUT2D eigenvalue weighted by Gasteiger charge is 2.04. The van der Waals surface area contributed by atoms with Crippen LogP contribution in [0.25, 0.3) is 10.8 Å². The predicted molar refractivity (Wildman–Crippen MR) is 96.1 cm³/mol. The van der Waals surface area contributed by atoms with Gasteiger partial charge >= 0.3 is 0 Å². The van der Waals surface area contributed by atoms with E-state index in [1.807, 2.05) is 30.3 Å². The van der Waals surface area contributed by atoms with E-state index in [0.717, 1.165) is 29.3 Å². The molecule has 2 rings (SSSR count). The SMILES string of the molecule is CCCCNC(=O)CNC(=S)Nc1cccc2ccccc12. The van der Waals surface area contributed by atoms with Gasteiger partial charge in [0.25, 0.3) is 0 Å². The Morgan fingerprint density at radius 3 is 2.68 bits per heavy atom. The molecule has 116 valence electrons. The number of fused-ring (bicyclic) bond motifs is 1. The van der Waals surface area contributed by atoms with Gasteiger partial charge in [0.1, 0.15) is 0 Å². The number of hydrogen-bond acceptors (Lipinski definition) is 2. The fraction of sp³-hybridized carbons (Fsp3) is 0.294. The van der Waals surface area contributed by atoms with Crippen LogP contribution >= 0.6 is 12.2 Å². The number of amides is 1. The van der Waals surface area contributed by atoms with Crippen LogP contribution in [0.1, 0.15) is 19.8 Å². The lowest BCUT2D eigenvalue weighted by Crippen LogP contribution is -2.39. The molecule has 0 aliphatic rings. The van der Waals surface area contributed by atoms with Crippen LogP contribution in [0.2, 0.25) is 0 Å². The molecule has 0 atom stereocenters. The molecule has 0 bridgehead atoms. The van der Waals surface area contributed by atoms with Crippen molar-refractivity contribution in [1.82, 2.24) is 10.6 Å². The highest BCUT2D eigenvalue weighted by Crippen LogP contribution is 2.22.